The van der Waals surface area contributed by atoms with Crippen LogP contribution in [0.1, 0.15) is 26.7 Å². The summed E-state index contributed by atoms with van der Waals surface area (Å²) in [6.45, 7) is 4.16. The van der Waals surface area contributed by atoms with Crippen molar-refractivity contribution < 1.29 is 9.53 Å². The lowest BCUT2D eigenvalue weighted by molar-refractivity contribution is -0.148. The molecule has 0 bridgehead atoms. The number of carbonyl (C=O) groups is 1. The van der Waals surface area contributed by atoms with Gasteiger partial charge >= 0.3 is 5.97 Å². The van der Waals surface area contributed by atoms with Gasteiger partial charge in [-0.2, -0.15) is 0 Å². The number of hydrogen-bond acceptors (Lipinski definition) is 3. The zero-order valence-electron chi connectivity index (χ0n) is 7.62. The highest BCUT2D eigenvalue weighted by Gasteiger charge is 2.25. The van der Waals surface area contributed by atoms with Gasteiger partial charge in [0.05, 0.1) is 18.6 Å². The van der Waals surface area contributed by atoms with E-state index in [0.29, 0.717) is 6.61 Å². The first-order chi connectivity index (χ1) is 5.75. The van der Waals surface area contributed by atoms with E-state index < -0.39 is 0 Å². The largest absolute Gasteiger partial charge is 0.466 e. The van der Waals surface area contributed by atoms with Gasteiger partial charge in [-0.15, -0.1) is 0 Å². The maximum atomic E-state index is 11.2. The Hall–Kier alpha value is -0.860. The van der Waals surface area contributed by atoms with Crippen molar-refractivity contribution in [2.45, 2.75) is 32.7 Å². The fourth-order valence-electron chi connectivity index (χ4n) is 1.34. The van der Waals surface area contributed by atoms with E-state index >= 15 is 0 Å². The van der Waals surface area contributed by atoms with Gasteiger partial charge in [0, 0.05) is 0 Å². The molecule has 0 saturated carbocycles. The normalized spacial score (nSPS) is 24.0. The molecule has 0 radical (unpaired) electrons. The molecule has 2 atom stereocenters. The molecule has 0 spiro atoms. The molecule has 3 nitrogen and oxygen atoms in total. The van der Waals surface area contributed by atoms with E-state index in [9.17, 15) is 4.79 Å². The molecule has 0 fully saturated rings. The Bertz CT molecular complexity index is 189. The molecule has 1 aliphatic rings. The van der Waals surface area contributed by atoms with Gasteiger partial charge < -0.3 is 4.74 Å². The summed E-state index contributed by atoms with van der Waals surface area (Å²) in [6, 6.07) is 0.157. The molecule has 12 heavy (non-hydrogen) atoms. The summed E-state index contributed by atoms with van der Waals surface area (Å²) in [5.74, 6) is -0.203. The zero-order valence-corrected chi connectivity index (χ0v) is 7.62. The van der Waals surface area contributed by atoms with E-state index in [0.717, 1.165) is 12.8 Å². The second kappa shape index (κ2) is 4.24. The van der Waals surface area contributed by atoms with Crippen LogP contribution in [-0.4, -0.2) is 24.8 Å². The van der Waals surface area contributed by atoms with E-state index in [1.807, 2.05) is 20.1 Å². The highest BCUT2D eigenvalue weighted by Crippen LogP contribution is 2.18. The van der Waals surface area contributed by atoms with Crippen LogP contribution < -0.4 is 0 Å². The molecule has 0 aromatic heterocycles. The van der Waals surface area contributed by atoms with E-state index in [-0.39, 0.29) is 17.9 Å². The third-order valence-corrected chi connectivity index (χ3v) is 2.12. The number of carbonyl (C=O) groups excluding carboxylic acids is 1. The van der Waals surface area contributed by atoms with Gasteiger partial charge in [-0.25, -0.2) is 0 Å². The number of aliphatic imine (C=N–C) groups is 1. The Morgan fingerprint density at radius 2 is 2.58 bits per heavy atom. The lowest BCUT2D eigenvalue weighted by atomic mass is 10.0. The second-order valence-corrected chi connectivity index (χ2v) is 3.02. The number of ether oxygens (including phenoxy) is 1. The molecular weight excluding hydrogens is 154 g/mol. The van der Waals surface area contributed by atoms with Gasteiger partial charge in [-0.1, -0.05) is 0 Å². The Labute approximate surface area is 72.8 Å². The van der Waals surface area contributed by atoms with Crippen LogP contribution in [0.5, 0.6) is 0 Å². The van der Waals surface area contributed by atoms with Crippen LogP contribution in [0.25, 0.3) is 0 Å². The fraction of sp³-hybridized carbons (Fsp3) is 0.778. The molecule has 1 aliphatic heterocycles. The topological polar surface area (TPSA) is 38.7 Å². The van der Waals surface area contributed by atoms with Crippen LogP contribution in [0.3, 0.4) is 0 Å². The third-order valence-electron chi connectivity index (χ3n) is 2.12. The third kappa shape index (κ3) is 2.06. The van der Waals surface area contributed by atoms with Crippen molar-refractivity contribution in [1.29, 1.82) is 0 Å². The van der Waals surface area contributed by atoms with Crippen molar-refractivity contribution in [3.63, 3.8) is 0 Å². The first-order valence-corrected chi connectivity index (χ1v) is 4.44. The fourth-order valence-corrected chi connectivity index (χ4v) is 1.34. The molecular formula is C9H15NO2. The maximum absolute atomic E-state index is 11.2. The first kappa shape index (κ1) is 9.23. The highest BCUT2D eigenvalue weighted by atomic mass is 16.5. The van der Waals surface area contributed by atoms with Crippen LogP contribution in [0.4, 0.5) is 0 Å². The van der Waals surface area contributed by atoms with Gasteiger partial charge in [0.1, 0.15) is 0 Å². The van der Waals surface area contributed by atoms with Gasteiger partial charge in [0.15, 0.2) is 0 Å². The zero-order chi connectivity index (χ0) is 8.97. The Balaban J connectivity index is 2.40. The predicted octanol–water partition coefficient (Wildman–Crippen LogP) is 1.42. The summed E-state index contributed by atoms with van der Waals surface area (Å²) in [7, 11) is 0. The molecule has 1 heterocycles. The summed E-state index contributed by atoms with van der Waals surface area (Å²) >= 11 is 0. The average molecular weight is 169 g/mol. The van der Waals surface area contributed by atoms with Crippen molar-refractivity contribution in [3.8, 4) is 0 Å². The smallest absolute Gasteiger partial charge is 0.310 e. The van der Waals surface area contributed by atoms with Crippen molar-refractivity contribution >= 4 is 12.2 Å². The number of nitrogens with zero attached hydrogens (tertiary/aromatic N) is 1. The number of hydrogen-bond donors (Lipinski definition) is 0. The van der Waals surface area contributed by atoms with Crippen LogP contribution in [0.2, 0.25) is 0 Å². The Morgan fingerprint density at radius 3 is 3.08 bits per heavy atom. The molecule has 0 N–H and O–H groups in total. The van der Waals surface area contributed by atoms with Crippen LogP contribution >= 0.6 is 0 Å². The number of rotatable bonds is 3. The molecule has 0 aromatic rings. The SMILES string of the molecule is CCOC(=O)[C@@H](C)[C@@H]1CCC=N1. The van der Waals surface area contributed by atoms with Crippen LogP contribution in [-0.2, 0) is 9.53 Å². The Kier molecular flexibility index (Phi) is 3.26. The van der Waals surface area contributed by atoms with Crippen molar-refractivity contribution in [2.24, 2.45) is 10.9 Å². The Morgan fingerprint density at radius 1 is 1.83 bits per heavy atom. The predicted molar refractivity (Wildman–Crippen MR) is 47.3 cm³/mol. The molecule has 0 aliphatic carbocycles. The van der Waals surface area contributed by atoms with Gasteiger partial charge in [-0.3, -0.25) is 9.79 Å². The molecule has 0 unspecified atom stereocenters. The highest BCUT2D eigenvalue weighted by molar-refractivity contribution is 5.74. The molecule has 0 aromatic carbocycles. The van der Waals surface area contributed by atoms with Crippen molar-refractivity contribution in [2.75, 3.05) is 6.61 Å². The summed E-state index contributed by atoms with van der Waals surface area (Å²) in [5, 5.41) is 0. The molecule has 1 rings (SSSR count). The van der Waals surface area contributed by atoms with Crippen LogP contribution in [0.15, 0.2) is 4.99 Å². The quantitative estimate of drug-likeness (QED) is 0.599. The van der Waals surface area contributed by atoms with Crippen molar-refractivity contribution in [3.05, 3.63) is 0 Å². The summed E-state index contributed by atoms with van der Waals surface area (Å²) in [4.78, 5) is 15.4. The van der Waals surface area contributed by atoms with Gasteiger partial charge in [0.25, 0.3) is 0 Å². The van der Waals surface area contributed by atoms with Gasteiger partial charge in [-0.05, 0) is 32.9 Å². The molecule has 0 amide bonds. The second-order valence-electron chi connectivity index (χ2n) is 3.02. The lowest BCUT2D eigenvalue weighted by Gasteiger charge is -2.14. The summed E-state index contributed by atoms with van der Waals surface area (Å²) in [6.07, 6.45) is 3.87. The van der Waals surface area contributed by atoms with Crippen LogP contribution in [0, 0.1) is 5.92 Å². The molecule has 0 saturated heterocycles. The summed E-state index contributed by atoms with van der Waals surface area (Å²) < 4.78 is 4.90. The summed E-state index contributed by atoms with van der Waals surface area (Å²) in [5.41, 5.74) is 0. The minimum atomic E-state index is -0.124. The average Bonchev–Trinajstić information content (AvgIpc) is 2.55. The van der Waals surface area contributed by atoms with E-state index in [1.165, 1.54) is 0 Å². The maximum Gasteiger partial charge on any atom is 0.310 e. The monoisotopic (exact) mass is 169 g/mol. The van der Waals surface area contributed by atoms with E-state index in [2.05, 4.69) is 4.99 Å². The molecule has 68 valence electrons. The minimum Gasteiger partial charge on any atom is -0.466 e. The van der Waals surface area contributed by atoms with Crippen molar-refractivity contribution in [1.82, 2.24) is 0 Å². The first-order valence-electron chi connectivity index (χ1n) is 4.44. The van der Waals surface area contributed by atoms with Gasteiger partial charge in [0.2, 0.25) is 0 Å². The van der Waals surface area contributed by atoms with E-state index in [1.54, 1.807) is 0 Å². The standard InChI is InChI=1S/C9H15NO2/c1-3-12-9(11)7(2)8-5-4-6-10-8/h6-8H,3-5H2,1-2H3/t7-,8-/m0/s1. The lowest BCUT2D eigenvalue weighted by Crippen LogP contribution is -2.24. The van der Waals surface area contributed by atoms with E-state index in [4.69, 9.17) is 4.74 Å². The minimum absolute atomic E-state index is 0.0799. The number of esters is 1. The molecule has 3 heteroatoms.